The van der Waals surface area contributed by atoms with Gasteiger partial charge in [0.05, 0.1) is 0 Å². The molecule has 1 aliphatic rings. The van der Waals surface area contributed by atoms with Gasteiger partial charge in [-0.15, -0.1) is 0 Å². The first-order valence-electron chi connectivity index (χ1n) is 9.19. The number of hydrogen-bond acceptors (Lipinski definition) is 5. The van der Waals surface area contributed by atoms with Crippen LogP contribution in [-0.4, -0.2) is 34.8 Å². The van der Waals surface area contributed by atoms with Gasteiger partial charge in [-0.3, -0.25) is 9.59 Å². The topological polar surface area (TPSA) is 93.2 Å². The number of nitrogens with one attached hydrogen (secondary N) is 2. The summed E-state index contributed by atoms with van der Waals surface area (Å²) >= 11 is 0. The van der Waals surface area contributed by atoms with E-state index in [4.69, 9.17) is 4.74 Å². The van der Waals surface area contributed by atoms with E-state index in [9.17, 15) is 18.4 Å². The highest BCUT2D eigenvalue weighted by Crippen LogP contribution is 2.45. The minimum Gasteiger partial charge on any atom is -0.471 e. The van der Waals surface area contributed by atoms with E-state index in [2.05, 4.69) is 20.6 Å². The lowest BCUT2D eigenvalue weighted by Gasteiger charge is -2.11. The molecular weight excluding hydrogens is 382 g/mol. The summed E-state index contributed by atoms with van der Waals surface area (Å²) in [6.07, 6.45) is 2.04. The van der Waals surface area contributed by atoms with E-state index < -0.39 is 13.0 Å². The number of hydrogen-bond donors (Lipinski definition) is 2. The number of amides is 2. The number of ether oxygens (including phenoxy) is 1. The first-order chi connectivity index (χ1) is 13.8. The summed E-state index contributed by atoms with van der Waals surface area (Å²) in [7, 11) is 0. The maximum Gasteiger partial charge on any atom is 0.272 e. The molecule has 9 heteroatoms. The number of alkyl halides is 2. The largest absolute Gasteiger partial charge is 0.471 e. The molecule has 1 saturated carbocycles. The van der Waals surface area contributed by atoms with Gasteiger partial charge in [-0.05, 0) is 43.5 Å². The van der Waals surface area contributed by atoms with Crippen molar-refractivity contribution in [2.24, 2.45) is 5.41 Å². The fourth-order valence-electron chi connectivity index (χ4n) is 2.62. The summed E-state index contributed by atoms with van der Waals surface area (Å²) in [6.45, 7) is 3.06. The first kappa shape index (κ1) is 20.6. The van der Waals surface area contributed by atoms with Crippen LogP contribution < -0.4 is 15.4 Å². The molecular formula is C20H22F2N4O3. The predicted octanol–water partition coefficient (Wildman–Crippen LogP) is 3.10. The zero-order valence-electron chi connectivity index (χ0n) is 16.2. The maximum absolute atomic E-state index is 12.4. The molecule has 7 nitrogen and oxygen atoms in total. The zero-order chi connectivity index (χ0) is 21.0. The van der Waals surface area contributed by atoms with Gasteiger partial charge < -0.3 is 15.4 Å². The van der Waals surface area contributed by atoms with Crippen LogP contribution in [0.2, 0.25) is 0 Å². The van der Waals surface area contributed by atoms with Crippen LogP contribution in [-0.2, 0) is 11.3 Å². The Hall–Kier alpha value is -3.10. The van der Waals surface area contributed by atoms with E-state index in [0.717, 1.165) is 12.8 Å². The summed E-state index contributed by atoms with van der Waals surface area (Å²) in [5.41, 5.74) is 1.32. The Morgan fingerprint density at radius 2 is 2.03 bits per heavy atom. The summed E-state index contributed by atoms with van der Waals surface area (Å²) in [4.78, 5) is 32.6. The van der Waals surface area contributed by atoms with Gasteiger partial charge in [0.15, 0.2) is 6.61 Å². The van der Waals surface area contributed by atoms with Crippen molar-refractivity contribution in [1.82, 2.24) is 15.3 Å². The second-order valence-corrected chi connectivity index (χ2v) is 7.29. The van der Waals surface area contributed by atoms with Crippen molar-refractivity contribution in [2.75, 3.05) is 11.9 Å². The van der Waals surface area contributed by atoms with Crippen LogP contribution in [0, 0.1) is 12.3 Å². The lowest BCUT2D eigenvalue weighted by atomic mass is 10.1. The molecule has 0 spiro atoms. The molecule has 154 valence electrons. The Morgan fingerprint density at radius 3 is 2.69 bits per heavy atom. The average molecular weight is 404 g/mol. The van der Waals surface area contributed by atoms with Gasteiger partial charge in [-0.1, -0.05) is 6.92 Å². The van der Waals surface area contributed by atoms with E-state index in [1.807, 2.05) is 6.92 Å². The second kappa shape index (κ2) is 8.50. The molecule has 2 amide bonds. The fraction of sp³-hybridized carbons (Fsp3) is 0.400. The number of nitrogens with zero attached hydrogens (tertiary/aromatic N) is 2. The van der Waals surface area contributed by atoms with Gasteiger partial charge >= 0.3 is 0 Å². The minimum atomic E-state index is -2.57. The van der Waals surface area contributed by atoms with Crippen molar-refractivity contribution in [2.45, 2.75) is 39.7 Å². The Bertz CT molecular complexity index is 916. The van der Waals surface area contributed by atoms with Crippen molar-refractivity contribution in [3.05, 3.63) is 47.3 Å². The molecule has 0 aliphatic heterocycles. The molecule has 3 rings (SSSR count). The number of carbonyl (C=O) groups excluding carboxylic acids is 2. The Labute approximate surface area is 166 Å². The summed E-state index contributed by atoms with van der Waals surface area (Å²) in [5.74, 6) is 0.0301. The van der Waals surface area contributed by atoms with Gasteiger partial charge in [0.25, 0.3) is 12.3 Å². The van der Waals surface area contributed by atoms with Crippen LogP contribution in [0.5, 0.6) is 5.88 Å². The van der Waals surface area contributed by atoms with Crippen LogP contribution in [0.1, 0.15) is 41.3 Å². The molecule has 2 N–H and O–H groups in total. The van der Waals surface area contributed by atoms with Crippen molar-refractivity contribution in [3.8, 4) is 5.88 Å². The number of aromatic nitrogens is 2. The highest BCUT2D eigenvalue weighted by molar-refractivity contribution is 5.98. The normalized spacial score (nSPS) is 14.4. The zero-order valence-corrected chi connectivity index (χ0v) is 16.2. The van der Waals surface area contributed by atoms with E-state index in [1.165, 1.54) is 18.5 Å². The van der Waals surface area contributed by atoms with Crippen molar-refractivity contribution >= 4 is 17.6 Å². The molecule has 0 saturated heterocycles. The van der Waals surface area contributed by atoms with Crippen LogP contribution in [0.3, 0.4) is 0 Å². The molecule has 2 heterocycles. The number of rotatable bonds is 8. The molecule has 1 aliphatic carbocycles. The van der Waals surface area contributed by atoms with E-state index in [1.54, 1.807) is 19.1 Å². The standard InChI is InChI=1S/C20H22F2N4O3/c1-12-7-13(10-25-18(12)29-11-15(21)22)9-24-17(27)14-3-6-23-16(8-14)26-19(28)20(2)4-5-20/h3,6-8,10,15H,4-5,9,11H2,1-2H3,(H,24,27)(H,23,26,28). The van der Waals surface area contributed by atoms with Gasteiger partial charge in [0.2, 0.25) is 11.8 Å². The van der Waals surface area contributed by atoms with E-state index in [-0.39, 0.29) is 29.7 Å². The number of halogens is 2. The SMILES string of the molecule is Cc1cc(CNC(=O)c2ccnc(NC(=O)C3(C)CC3)c2)cnc1OCC(F)F. The highest BCUT2D eigenvalue weighted by atomic mass is 19.3. The summed E-state index contributed by atoms with van der Waals surface area (Å²) in [6, 6.07) is 4.78. The molecule has 0 atom stereocenters. The molecule has 0 unspecified atom stereocenters. The Morgan fingerprint density at radius 1 is 1.28 bits per heavy atom. The van der Waals surface area contributed by atoms with E-state index >= 15 is 0 Å². The van der Waals surface area contributed by atoms with Crippen LogP contribution in [0.15, 0.2) is 30.6 Å². The first-order valence-corrected chi connectivity index (χ1v) is 9.19. The van der Waals surface area contributed by atoms with Crippen LogP contribution in [0.4, 0.5) is 14.6 Å². The molecule has 0 aromatic carbocycles. The molecule has 0 bridgehead atoms. The fourth-order valence-corrected chi connectivity index (χ4v) is 2.62. The van der Waals surface area contributed by atoms with E-state index in [0.29, 0.717) is 22.5 Å². The number of carbonyl (C=O) groups is 2. The van der Waals surface area contributed by atoms with Crippen LogP contribution >= 0.6 is 0 Å². The quantitative estimate of drug-likeness (QED) is 0.705. The smallest absolute Gasteiger partial charge is 0.272 e. The van der Waals surface area contributed by atoms with Gasteiger partial charge in [0, 0.05) is 35.5 Å². The number of pyridine rings is 2. The van der Waals surface area contributed by atoms with Gasteiger partial charge in [-0.25, -0.2) is 18.7 Å². The highest BCUT2D eigenvalue weighted by Gasteiger charge is 2.45. The second-order valence-electron chi connectivity index (χ2n) is 7.29. The van der Waals surface area contributed by atoms with Gasteiger partial charge in [0.1, 0.15) is 5.82 Å². The Balaban J connectivity index is 1.57. The predicted molar refractivity (Wildman–Crippen MR) is 102 cm³/mol. The molecule has 1 fully saturated rings. The van der Waals surface area contributed by atoms with Crippen molar-refractivity contribution in [3.63, 3.8) is 0 Å². The molecule has 29 heavy (non-hydrogen) atoms. The molecule has 2 aromatic rings. The third-order valence-electron chi connectivity index (χ3n) is 4.70. The maximum atomic E-state index is 12.4. The van der Waals surface area contributed by atoms with Crippen molar-refractivity contribution < 1.29 is 23.1 Å². The lowest BCUT2D eigenvalue weighted by molar-refractivity contribution is -0.120. The minimum absolute atomic E-state index is 0.0988. The monoisotopic (exact) mass is 404 g/mol. The molecule has 2 aromatic heterocycles. The summed E-state index contributed by atoms with van der Waals surface area (Å²) in [5, 5.41) is 5.49. The average Bonchev–Trinajstić information content (AvgIpc) is 3.44. The number of aryl methyl sites for hydroxylation is 1. The van der Waals surface area contributed by atoms with Gasteiger partial charge in [-0.2, -0.15) is 0 Å². The summed E-state index contributed by atoms with van der Waals surface area (Å²) < 4.78 is 29.4. The lowest BCUT2D eigenvalue weighted by Crippen LogP contribution is -2.24. The number of anilines is 1. The van der Waals surface area contributed by atoms with Crippen molar-refractivity contribution in [1.29, 1.82) is 0 Å². The Kier molecular flexibility index (Phi) is 6.05. The van der Waals surface area contributed by atoms with Crippen LogP contribution in [0.25, 0.3) is 0 Å². The third-order valence-corrected chi connectivity index (χ3v) is 4.70. The molecule has 0 radical (unpaired) electrons. The third kappa shape index (κ3) is 5.46.